The SMILES string of the molecule is NC(=O)CCc1nn(CN2CCN(Cc3ccc4c(c3)OCO4)CC2)c(=S)n1CC1CCCO1. The van der Waals surface area contributed by atoms with E-state index in [2.05, 4.69) is 21.9 Å². The molecule has 2 aromatic rings. The number of ether oxygens (including phenoxy) is 3. The fourth-order valence-corrected chi connectivity index (χ4v) is 5.03. The maximum absolute atomic E-state index is 11.4. The normalized spacial score (nSPS) is 20.8. The number of rotatable bonds is 9. The van der Waals surface area contributed by atoms with Gasteiger partial charge in [0, 0.05) is 52.2 Å². The first-order valence-electron chi connectivity index (χ1n) is 11.9. The molecule has 11 heteroatoms. The maximum atomic E-state index is 11.4. The predicted molar refractivity (Wildman–Crippen MR) is 127 cm³/mol. The van der Waals surface area contributed by atoms with Crippen molar-refractivity contribution < 1.29 is 19.0 Å². The topological polar surface area (TPSA) is 100 Å². The molecule has 0 aliphatic carbocycles. The number of aromatic nitrogens is 3. The molecule has 3 aliphatic heterocycles. The minimum atomic E-state index is -0.331. The minimum absolute atomic E-state index is 0.149. The second-order valence-corrected chi connectivity index (χ2v) is 9.50. The van der Waals surface area contributed by atoms with Crippen LogP contribution in [-0.4, -0.2) is 75.7 Å². The van der Waals surface area contributed by atoms with Crippen molar-refractivity contribution in [1.29, 1.82) is 0 Å². The molecule has 2 fully saturated rings. The van der Waals surface area contributed by atoms with E-state index in [-0.39, 0.29) is 18.4 Å². The van der Waals surface area contributed by atoms with Crippen molar-refractivity contribution in [2.45, 2.75) is 51.5 Å². The van der Waals surface area contributed by atoms with Gasteiger partial charge in [0.2, 0.25) is 12.7 Å². The molecule has 0 bridgehead atoms. The van der Waals surface area contributed by atoms with Crippen LogP contribution in [0.25, 0.3) is 0 Å². The number of primary amides is 1. The number of amides is 1. The van der Waals surface area contributed by atoms with Crippen molar-refractivity contribution in [3.8, 4) is 11.5 Å². The van der Waals surface area contributed by atoms with Gasteiger partial charge in [-0.3, -0.25) is 14.6 Å². The molecule has 184 valence electrons. The van der Waals surface area contributed by atoms with E-state index in [9.17, 15) is 4.79 Å². The molecular weight excluding hydrogens is 456 g/mol. The van der Waals surface area contributed by atoms with E-state index in [1.165, 1.54) is 5.56 Å². The molecule has 10 nitrogen and oxygen atoms in total. The van der Waals surface area contributed by atoms with Gasteiger partial charge in [-0.25, -0.2) is 4.68 Å². The van der Waals surface area contributed by atoms with Crippen LogP contribution in [0, 0.1) is 4.77 Å². The summed E-state index contributed by atoms with van der Waals surface area (Å²) in [5.74, 6) is 2.12. The van der Waals surface area contributed by atoms with Crippen LogP contribution in [0.1, 0.15) is 30.7 Å². The standard InChI is InChI=1S/C23H32N6O4S/c24-21(30)5-6-22-25-29(23(34)28(22)14-18-2-1-11-31-18)15-27-9-7-26(8-10-27)13-17-3-4-19-20(12-17)33-16-32-19/h3-4,12,18H,1-2,5-11,13-16H2,(H2,24,30). The molecule has 0 spiro atoms. The van der Waals surface area contributed by atoms with Crippen LogP contribution in [0.3, 0.4) is 0 Å². The van der Waals surface area contributed by atoms with Crippen LogP contribution in [0.5, 0.6) is 11.5 Å². The van der Waals surface area contributed by atoms with Gasteiger partial charge in [-0.15, -0.1) is 0 Å². The van der Waals surface area contributed by atoms with Gasteiger partial charge < -0.3 is 24.5 Å². The molecule has 1 aromatic carbocycles. The number of nitrogens with two attached hydrogens (primary N) is 1. The number of piperazine rings is 1. The molecule has 1 aromatic heterocycles. The number of aryl methyl sites for hydroxylation is 1. The van der Waals surface area contributed by atoms with Crippen molar-refractivity contribution >= 4 is 18.1 Å². The first-order valence-corrected chi connectivity index (χ1v) is 12.4. The minimum Gasteiger partial charge on any atom is -0.454 e. The Morgan fingerprint density at radius 1 is 1.15 bits per heavy atom. The van der Waals surface area contributed by atoms with E-state index in [1.54, 1.807) is 0 Å². The highest BCUT2D eigenvalue weighted by atomic mass is 32.1. The van der Waals surface area contributed by atoms with E-state index in [0.717, 1.165) is 69.5 Å². The number of carbonyl (C=O) groups is 1. The van der Waals surface area contributed by atoms with Crippen molar-refractivity contribution in [2.24, 2.45) is 5.73 Å². The first-order chi connectivity index (χ1) is 16.5. The summed E-state index contributed by atoms with van der Waals surface area (Å²) in [5.41, 5.74) is 6.61. The summed E-state index contributed by atoms with van der Waals surface area (Å²) in [6.07, 6.45) is 2.99. The summed E-state index contributed by atoms with van der Waals surface area (Å²) in [6.45, 7) is 7.09. The largest absolute Gasteiger partial charge is 0.454 e. The Balaban J connectivity index is 1.19. The lowest BCUT2D eigenvalue weighted by Gasteiger charge is -2.34. The van der Waals surface area contributed by atoms with Crippen LogP contribution in [0.15, 0.2) is 18.2 Å². The van der Waals surface area contributed by atoms with Crippen molar-refractivity contribution in [1.82, 2.24) is 24.1 Å². The number of benzene rings is 1. The molecule has 2 saturated heterocycles. The van der Waals surface area contributed by atoms with E-state index in [1.807, 2.05) is 15.3 Å². The maximum Gasteiger partial charge on any atom is 0.231 e. The second kappa shape index (κ2) is 10.4. The molecule has 4 heterocycles. The van der Waals surface area contributed by atoms with Gasteiger partial charge in [-0.1, -0.05) is 6.07 Å². The van der Waals surface area contributed by atoms with E-state index < -0.39 is 0 Å². The van der Waals surface area contributed by atoms with Gasteiger partial charge in [0.05, 0.1) is 19.3 Å². The Bertz CT molecular complexity index is 1070. The summed E-state index contributed by atoms with van der Waals surface area (Å²) in [4.78, 5) is 16.2. The van der Waals surface area contributed by atoms with Gasteiger partial charge in [0.1, 0.15) is 5.82 Å². The third-order valence-electron chi connectivity index (χ3n) is 6.65. The molecular formula is C23H32N6O4S. The Hall–Kier alpha value is -2.47. The summed E-state index contributed by atoms with van der Waals surface area (Å²) in [6, 6.07) is 6.16. The smallest absolute Gasteiger partial charge is 0.231 e. The zero-order chi connectivity index (χ0) is 23.5. The lowest BCUT2D eigenvalue weighted by Crippen LogP contribution is -2.46. The highest BCUT2D eigenvalue weighted by Crippen LogP contribution is 2.32. The summed E-state index contributed by atoms with van der Waals surface area (Å²) in [7, 11) is 0. The third kappa shape index (κ3) is 5.43. The van der Waals surface area contributed by atoms with Crippen LogP contribution < -0.4 is 15.2 Å². The van der Waals surface area contributed by atoms with Crippen molar-refractivity contribution in [3.05, 3.63) is 34.4 Å². The molecule has 3 aliphatic rings. The fraction of sp³-hybridized carbons (Fsp3) is 0.609. The van der Waals surface area contributed by atoms with E-state index in [0.29, 0.717) is 31.2 Å². The van der Waals surface area contributed by atoms with Crippen LogP contribution in [-0.2, 0) is 35.7 Å². The van der Waals surface area contributed by atoms with Gasteiger partial charge in [-0.05, 0) is 42.8 Å². The van der Waals surface area contributed by atoms with Crippen LogP contribution in [0.4, 0.5) is 0 Å². The van der Waals surface area contributed by atoms with Crippen molar-refractivity contribution in [3.63, 3.8) is 0 Å². The molecule has 1 atom stereocenters. The van der Waals surface area contributed by atoms with E-state index >= 15 is 0 Å². The zero-order valence-electron chi connectivity index (χ0n) is 19.4. The number of fused-ring (bicyclic) bond motifs is 1. The molecule has 0 saturated carbocycles. The molecule has 1 unspecified atom stereocenters. The molecule has 34 heavy (non-hydrogen) atoms. The Morgan fingerprint density at radius 3 is 2.71 bits per heavy atom. The zero-order valence-corrected chi connectivity index (χ0v) is 20.2. The molecule has 5 rings (SSSR count). The van der Waals surface area contributed by atoms with Gasteiger partial charge in [0.25, 0.3) is 0 Å². The Morgan fingerprint density at radius 2 is 1.94 bits per heavy atom. The average molecular weight is 489 g/mol. The van der Waals surface area contributed by atoms with Gasteiger partial charge in [0.15, 0.2) is 16.3 Å². The highest BCUT2D eigenvalue weighted by Gasteiger charge is 2.23. The lowest BCUT2D eigenvalue weighted by molar-refractivity contribution is -0.118. The number of hydrogen-bond acceptors (Lipinski definition) is 8. The molecule has 0 radical (unpaired) electrons. The Kier molecular flexibility index (Phi) is 7.14. The van der Waals surface area contributed by atoms with Crippen molar-refractivity contribution in [2.75, 3.05) is 39.6 Å². The quantitative estimate of drug-likeness (QED) is 0.531. The fourth-order valence-electron chi connectivity index (χ4n) is 4.75. The van der Waals surface area contributed by atoms with Crippen LogP contribution in [0.2, 0.25) is 0 Å². The number of nitrogens with zero attached hydrogens (tertiary/aromatic N) is 5. The Labute approximate surface area is 204 Å². The monoisotopic (exact) mass is 488 g/mol. The second-order valence-electron chi connectivity index (χ2n) is 9.13. The van der Waals surface area contributed by atoms with Crippen LogP contribution >= 0.6 is 12.2 Å². The first kappa shape index (κ1) is 23.3. The summed E-state index contributed by atoms with van der Waals surface area (Å²) in [5, 5.41) is 4.77. The van der Waals surface area contributed by atoms with E-state index in [4.69, 9.17) is 37.3 Å². The van der Waals surface area contributed by atoms with Gasteiger partial charge >= 0.3 is 0 Å². The lowest BCUT2D eigenvalue weighted by atomic mass is 10.1. The predicted octanol–water partition coefficient (Wildman–Crippen LogP) is 1.51. The summed E-state index contributed by atoms with van der Waals surface area (Å²) >= 11 is 5.78. The number of hydrogen-bond donors (Lipinski definition) is 1. The van der Waals surface area contributed by atoms with Gasteiger partial charge in [-0.2, -0.15) is 5.10 Å². The number of carbonyl (C=O) groups excluding carboxylic acids is 1. The third-order valence-corrected chi connectivity index (χ3v) is 7.08. The summed E-state index contributed by atoms with van der Waals surface area (Å²) < 4.78 is 21.3. The average Bonchev–Trinajstić information content (AvgIpc) is 3.57. The molecule has 1 amide bonds. The highest BCUT2D eigenvalue weighted by molar-refractivity contribution is 7.71. The molecule has 2 N–H and O–H groups in total.